The minimum Gasteiger partial charge on any atom is -0.497 e. The Labute approximate surface area is 188 Å². The fourth-order valence-electron chi connectivity index (χ4n) is 3.90. The number of methoxy groups -OCH3 is 1. The lowest BCUT2D eigenvalue weighted by atomic mass is 10.0. The van der Waals surface area contributed by atoms with E-state index in [0.717, 1.165) is 29.7 Å². The zero-order valence-electron chi connectivity index (χ0n) is 17.6. The molecule has 0 radical (unpaired) electrons. The standard InChI is InChI=1S/C25H19F2NO5/c1-30-17-6-2-14(3-7-17)24(28-33-25(29)18-8-5-16(26)11-21(18)27)20-12-19(20)15-4-9-22-23(10-15)32-13-31-22/h2-11,19-20H,12-13H2,1H3/b28-24-/t19-,20-/m0/s1. The number of carbonyl (C=O) groups is 1. The predicted molar refractivity (Wildman–Crippen MR) is 115 cm³/mol. The highest BCUT2D eigenvalue weighted by Gasteiger charge is 2.43. The molecule has 0 spiro atoms. The monoisotopic (exact) mass is 451 g/mol. The van der Waals surface area contributed by atoms with Crippen molar-refractivity contribution in [3.05, 3.63) is 89.0 Å². The molecule has 33 heavy (non-hydrogen) atoms. The van der Waals surface area contributed by atoms with Gasteiger partial charge < -0.3 is 19.0 Å². The summed E-state index contributed by atoms with van der Waals surface area (Å²) in [7, 11) is 1.57. The van der Waals surface area contributed by atoms with Gasteiger partial charge in [0.25, 0.3) is 0 Å². The van der Waals surface area contributed by atoms with Crippen LogP contribution in [0.4, 0.5) is 8.78 Å². The van der Waals surface area contributed by atoms with Crippen molar-refractivity contribution in [1.82, 2.24) is 0 Å². The predicted octanol–water partition coefficient (Wildman–Crippen LogP) is 5.07. The van der Waals surface area contributed by atoms with E-state index in [2.05, 4.69) is 5.16 Å². The minimum absolute atomic E-state index is 0.0235. The molecular formula is C25H19F2NO5. The average Bonchev–Trinajstić information content (AvgIpc) is 3.46. The summed E-state index contributed by atoms with van der Waals surface area (Å²) < 4.78 is 43.2. The molecule has 1 aliphatic carbocycles. The van der Waals surface area contributed by atoms with Crippen LogP contribution in [0.25, 0.3) is 0 Å². The number of benzene rings is 3. The zero-order valence-corrected chi connectivity index (χ0v) is 17.6. The maximum absolute atomic E-state index is 14.0. The van der Waals surface area contributed by atoms with E-state index in [9.17, 15) is 13.6 Å². The second-order valence-electron chi connectivity index (χ2n) is 7.77. The van der Waals surface area contributed by atoms with Crippen molar-refractivity contribution in [1.29, 1.82) is 0 Å². The van der Waals surface area contributed by atoms with Crippen LogP contribution >= 0.6 is 0 Å². The number of ether oxygens (including phenoxy) is 3. The smallest absolute Gasteiger partial charge is 0.368 e. The van der Waals surface area contributed by atoms with Crippen LogP contribution in [-0.2, 0) is 4.84 Å². The van der Waals surface area contributed by atoms with Gasteiger partial charge in [0.15, 0.2) is 11.5 Å². The molecule has 8 heteroatoms. The summed E-state index contributed by atoms with van der Waals surface area (Å²) in [6.07, 6.45) is 0.785. The Kier molecular flexibility index (Phi) is 5.42. The molecule has 1 saturated carbocycles. The molecule has 6 nitrogen and oxygen atoms in total. The molecule has 5 rings (SSSR count). The molecule has 3 aromatic carbocycles. The maximum atomic E-state index is 14.0. The van der Waals surface area contributed by atoms with Gasteiger partial charge in [0.1, 0.15) is 17.4 Å². The minimum atomic E-state index is -1.01. The van der Waals surface area contributed by atoms with Gasteiger partial charge in [-0.25, -0.2) is 13.6 Å². The number of oxime groups is 1. The lowest BCUT2D eigenvalue weighted by Crippen LogP contribution is -2.10. The Bertz CT molecular complexity index is 1240. The van der Waals surface area contributed by atoms with Crippen LogP contribution in [0, 0.1) is 17.6 Å². The van der Waals surface area contributed by atoms with Crippen molar-refractivity contribution in [2.75, 3.05) is 13.9 Å². The number of fused-ring (bicyclic) bond motifs is 1. The highest BCUT2D eigenvalue weighted by atomic mass is 19.1. The zero-order chi connectivity index (χ0) is 22.9. The third-order valence-corrected chi connectivity index (χ3v) is 5.73. The van der Waals surface area contributed by atoms with E-state index in [-0.39, 0.29) is 18.6 Å². The molecule has 1 aliphatic heterocycles. The molecule has 0 amide bonds. The second kappa shape index (κ2) is 8.54. The van der Waals surface area contributed by atoms with Gasteiger partial charge in [0, 0.05) is 12.0 Å². The topological polar surface area (TPSA) is 66.4 Å². The van der Waals surface area contributed by atoms with Crippen LogP contribution in [0.2, 0.25) is 0 Å². The molecule has 2 atom stereocenters. The maximum Gasteiger partial charge on any atom is 0.368 e. The van der Waals surface area contributed by atoms with Crippen LogP contribution in [0.3, 0.4) is 0 Å². The largest absolute Gasteiger partial charge is 0.497 e. The van der Waals surface area contributed by atoms with Crippen LogP contribution in [0.1, 0.15) is 33.8 Å². The number of carbonyl (C=O) groups excluding carboxylic acids is 1. The summed E-state index contributed by atoms with van der Waals surface area (Å²) in [4.78, 5) is 17.5. The van der Waals surface area contributed by atoms with Crippen molar-refractivity contribution >= 4 is 11.7 Å². The summed E-state index contributed by atoms with van der Waals surface area (Å²) in [6.45, 7) is 0.196. The second-order valence-corrected chi connectivity index (χ2v) is 7.77. The van der Waals surface area contributed by atoms with E-state index in [1.54, 1.807) is 19.2 Å². The Morgan fingerprint density at radius 2 is 1.79 bits per heavy atom. The molecule has 0 bridgehead atoms. The number of hydrogen-bond donors (Lipinski definition) is 0. The van der Waals surface area contributed by atoms with Gasteiger partial charge in [-0.05, 0) is 72.0 Å². The first-order chi connectivity index (χ1) is 16.0. The molecule has 0 saturated heterocycles. The molecule has 0 unspecified atom stereocenters. The van der Waals surface area contributed by atoms with Gasteiger partial charge in [-0.2, -0.15) is 0 Å². The fourth-order valence-corrected chi connectivity index (χ4v) is 3.90. The summed E-state index contributed by atoms with van der Waals surface area (Å²) in [5.74, 6) is -0.604. The number of halogens is 2. The summed E-state index contributed by atoms with van der Waals surface area (Å²) >= 11 is 0. The van der Waals surface area contributed by atoms with Gasteiger partial charge >= 0.3 is 5.97 Å². The molecule has 3 aromatic rings. The fraction of sp³-hybridized carbons (Fsp3) is 0.200. The van der Waals surface area contributed by atoms with E-state index in [1.807, 2.05) is 30.3 Å². The molecule has 2 aliphatic rings. The SMILES string of the molecule is COc1ccc(/C(=N/OC(=O)c2ccc(F)cc2F)[C@H]2C[C@H]2c2ccc3c(c2)OCO3)cc1. The van der Waals surface area contributed by atoms with Crippen LogP contribution in [-0.4, -0.2) is 25.6 Å². The van der Waals surface area contributed by atoms with Gasteiger partial charge in [-0.1, -0.05) is 11.2 Å². The highest BCUT2D eigenvalue weighted by molar-refractivity contribution is 6.05. The molecule has 0 aromatic heterocycles. The average molecular weight is 451 g/mol. The van der Waals surface area contributed by atoms with Crippen molar-refractivity contribution in [3.63, 3.8) is 0 Å². The molecule has 168 valence electrons. The molecule has 0 N–H and O–H groups in total. The summed E-state index contributed by atoms with van der Waals surface area (Å²) in [6, 6.07) is 15.6. The van der Waals surface area contributed by atoms with E-state index in [0.29, 0.717) is 29.0 Å². The highest BCUT2D eigenvalue weighted by Crippen LogP contribution is 2.51. The number of nitrogens with zero attached hydrogens (tertiary/aromatic N) is 1. The van der Waals surface area contributed by atoms with E-state index in [1.165, 1.54) is 0 Å². The summed E-state index contributed by atoms with van der Waals surface area (Å²) in [5, 5.41) is 4.11. The third kappa shape index (κ3) is 4.24. The van der Waals surface area contributed by atoms with Crippen molar-refractivity contribution in [2.45, 2.75) is 12.3 Å². The number of rotatable bonds is 6. The first-order valence-electron chi connectivity index (χ1n) is 10.3. The van der Waals surface area contributed by atoms with Crippen LogP contribution < -0.4 is 14.2 Å². The van der Waals surface area contributed by atoms with Gasteiger partial charge in [0.2, 0.25) is 6.79 Å². The van der Waals surface area contributed by atoms with Crippen molar-refractivity contribution < 1.29 is 32.6 Å². The Hall–Kier alpha value is -3.94. The van der Waals surface area contributed by atoms with Crippen LogP contribution in [0.15, 0.2) is 65.8 Å². The Morgan fingerprint density at radius 3 is 2.55 bits per heavy atom. The quantitative estimate of drug-likeness (QED) is 0.298. The van der Waals surface area contributed by atoms with Crippen molar-refractivity contribution in [3.8, 4) is 17.2 Å². The van der Waals surface area contributed by atoms with Crippen LogP contribution in [0.5, 0.6) is 17.2 Å². The van der Waals surface area contributed by atoms with Gasteiger partial charge in [-0.15, -0.1) is 0 Å². The van der Waals surface area contributed by atoms with E-state index in [4.69, 9.17) is 19.0 Å². The Balaban J connectivity index is 1.41. The Morgan fingerprint density at radius 1 is 1.00 bits per heavy atom. The van der Waals surface area contributed by atoms with Gasteiger partial charge in [-0.3, -0.25) is 0 Å². The lowest BCUT2D eigenvalue weighted by molar-refractivity contribution is 0.0510. The van der Waals surface area contributed by atoms with E-state index < -0.39 is 23.2 Å². The first-order valence-corrected chi connectivity index (χ1v) is 10.3. The number of hydrogen-bond acceptors (Lipinski definition) is 6. The van der Waals surface area contributed by atoms with E-state index >= 15 is 0 Å². The molecular weight excluding hydrogens is 432 g/mol. The lowest BCUT2D eigenvalue weighted by Gasteiger charge is -2.09. The molecule has 1 heterocycles. The third-order valence-electron chi connectivity index (χ3n) is 5.73. The normalized spacial score (nSPS) is 18.7. The first kappa shape index (κ1) is 20.9. The summed E-state index contributed by atoms with van der Waals surface area (Å²) in [5.41, 5.74) is 1.96. The van der Waals surface area contributed by atoms with Gasteiger partial charge in [0.05, 0.1) is 18.4 Å². The van der Waals surface area contributed by atoms with Crippen molar-refractivity contribution in [2.24, 2.45) is 11.1 Å². The molecule has 1 fully saturated rings.